The summed E-state index contributed by atoms with van der Waals surface area (Å²) in [6.07, 6.45) is 1.56. The quantitative estimate of drug-likeness (QED) is 0.875. The van der Waals surface area contributed by atoms with Crippen LogP contribution in [0.2, 0.25) is 10.0 Å². The van der Waals surface area contributed by atoms with E-state index in [4.69, 9.17) is 28.9 Å². The van der Waals surface area contributed by atoms with Crippen molar-refractivity contribution in [3.05, 3.63) is 27.7 Å². The number of piperidine rings is 1. The summed E-state index contributed by atoms with van der Waals surface area (Å²) in [4.78, 5) is 0. The first-order valence-corrected chi connectivity index (χ1v) is 8.96. The summed E-state index contributed by atoms with van der Waals surface area (Å²) in [5, 5.41) is 0.802. The zero-order chi connectivity index (χ0) is 15.6. The lowest BCUT2D eigenvalue weighted by Gasteiger charge is -2.30. The molecule has 0 aromatic heterocycles. The van der Waals surface area contributed by atoms with Crippen molar-refractivity contribution in [2.45, 2.75) is 19.8 Å². The predicted molar refractivity (Wildman–Crippen MR) is 87.1 cm³/mol. The summed E-state index contributed by atoms with van der Waals surface area (Å²) in [5.74, 6) is 0.397. The number of hydrogen-bond acceptors (Lipinski definition) is 3. The van der Waals surface area contributed by atoms with E-state index >= 15 is 0 Å². The van der Waals surface area contributed by atoms with Gasteiger partial charge >= 0.3 is 10.2 Å². The Kier molecular flexibility index (Phi) is 5.38. The minimum absolute atomic E-state index is 0.299. The fraction of sp³-hybridized carbons (Fsp3) is 0.538. The molecule has 5 nitrogen and oxygen atoms in total. The van der Waals surface area contributed by atoms with Crippen molar-refractivity contribution in [3.63, 3.8) is 0 Å². The standard InChI is InChI=1S/C13H19Cl2N3O2S/c1-9-6-12(15)13(7-11(9)14)17-21(19,20)18-4-2-10(8-16)3-5-18/h6-7,10,17H,2-5,8,16H2,1H3. The molecule has 0 unspecified atom stereocenters. The molecule has 1 aromatic rings. The van der Waals surface area contributed by atoms with Crippen molar-refractivity contribution < 1.29 is 8.42 Å². The van der Waals surface area contributed by atoms with Gasteiger partial charge in [-0.25, -0.2) is 0 Å². The van der Waals surface area contributed by atoms with E-state index in [2.05, 4.69) is 4.72 Å². The molecule has 1 aliphatic rings. The highest BCUT2D eigenvalue weighted by atomic mass is 35.5. The Morgan fingerprint density at radius 3 is 2.48 bits per heavy atom. The van der Waals surface area contributed by atoms with Gasteiger partial charge in [-0.1, -0.05) is 23.2 Å². The van der Waals surface area contributed by atoms with Gasteiger partial charge in [0.1, 0.15) is 0 Å². The number of nitrogens with two attached hydrogens (primary N) is 1. The zero-order valence-electron chi connectivity index (χ0n) is 11.8. The van der Waals surface area contributed by atoms with E-state index in [1.54, 1.807) is 6.07 Å². The van der Waals surface area contributed by atoms with Crippen LogP contribution in [0.15, 0.2) is 12.1 Å². The first kappa shape index (κ1) is 16.8. The number of benzene rings is 1. The molecule has 0 saturated carbocycles. The molecule has 0 atom stereocenters. The van der Waals surface area contributed by atoms with Crippen LogP contribution in [0.5, 0.6) is 0 Å². The normalized spacial score (nSPS) is 17.9. The average Bonchev–Trinajstić information content (AvgIpc) is 2.44. The molecule has 0 radical (unpaired) electrons. The summed E-state index contributed by atoms with van der Waals surface area (Å²) in [5.41, 5.74) is 6.71. The third-order valence-electron chi connectivity index (χ3n) is 3.73. The Morgan fingerprint density at radius 1 is 1.29 bits per heavy atom. The lowest BCUT2D eigenvalue weighted by Crippen LogP contribution is -2.42. The van der Waals surface area contributed by atoms with Crippen molar-refractivity contribution in [2.75, 3.05) is 24.4 Å². The summed E-state index contributed by atoms with van der Waals surface area (Å²) < 4.78 is 28.7. The fourth-order valence-corrected chi connectivity index (χ4v) is 4.07. The van der Waals surface area contributed by atoms with Crippen LogP contribution < -0.4 is 10.5 Å². The molecule has 1 saturated heterocycles. The Morgan fingerprint density at radius 2 is 1.90 bits per heavy atom. The second-order valence-electron chi connectivity index (χ2n) is 5.27. The summed E-state index contributed by atoms with van der Waals surface area (Å²) >= 11 is 12.1. The van der Waals surface area contributed by atoms with E-state index in [9.17, 15) is 8.42 Å². The van der Waals surface area contributed by atoms with Crippen LogP contribution in [0.25, 0.3) is 0 Å². The molecule has 0 amide bonds. The van der Waals surface area contributed by atoms with Crippen molar-refractivity contribution >= 4 is 39.1 Å². The number of hydrogen-bond donors (Lipinski definition) is 2. The van der Waals surface area contributed by atoms with Gasteiger partial charge in [0.2, 0.25) is 0 Å². The first-order valence-electron chi connectivity index (χ1n) is 6.77. The summed E-state index contributed by atoms with van der Waals surface area (Å²) in [7, 11) is -3.62. The molecule has 0 aliphatic carbocycles. The van der Waals surface area contributed by atoms with E-state index in [0.717, 1.165) is 18.4 Å². The highest BCUT2D eigenvalue weighted by molar-refractivity contribution is 7.90. The smallest absolute Gasteiger partial charge is 0.301 e. The Balaban J connectivity index is 2.13. The first-order chi connectivity index (χ1) is 9.83. The predicted octanol–water partition coefficient (Wildman–Crippen LogP) is 2.63. The molecule has 8 heteroatoms. The molecule has 1 fully saturated rings. The average molecular weight is 352 g/mol. The van der Waals surface area contributed by atoms with E-state index < -0.39 is 10.2 Å². The number of nitrogens with one attached hydrogen (secondary N) is 1. The van der Waals surface area contributed by atoms with Gasteiger partial charge in [0.15, 0.2) is 0 Å². The van der Waals surface area contributed by atoms with E-state index in [1.807, 2.05) is 6.92 Å². The maximum Gasteiger partial charge on any atom is 0.301 e. The van der Waals surface area contributed by atoms with Gasteiger partial charge in [-0.3, -0.25) is 4.72 Å². The van der Waals surface area contributed by atoms with Crippen LogP contribution >= 0.6 is 23.2 Å². The molecule has 0 bridgehead atoms. The van der Waals surface area contributed by atoms with Gasteiger partial charge in [-0.05, 0) is 49.9 Å². The molecule has 2 rings (SSSR count). The summed E-state index contributed by atoms with van der Waals surface area (Å²) in [6.45, 7) is 3.34. The van der Waals surface area contributed by atoms with Crippen LogP contribution in [0.3, 0.4) is 0 Å². The van der Waals surface area contributed by atoms with Gasteiger partial charge in [-0.2, -0.15) is 12.7 Å². The highest BCUT2D eigenvalue weighted by Crippen LogP contribution is 2.30. The van der Waals surface area contributed by atoms with Gasteiger partial charge in [0.05, 0.1) is 10.7 Å². The minimum Gasteiger partial charge on any atom is -0.330 e. The molecule has 1 aliphatic heterocycles. The number of halogens is 2. The lowest BCUT2D eigenvalue weighted by molar-refractivity contribution is 0.280. The highest BCUT2D eigenvalue weighted by Gasteiger charge is 2.28. The fourth-order valence-electron chi connectivity index (χ4n) is 2.31. The van der Waals surface area contributed by atoms with Gasteiger partial charge in [-0.15, -0.1) is 0 Å². The molecule has 21 heavy (non-hydrogen) atoms. The lowest BCUT2D eigenvalue weighted by atomic mass is 9.99. The van der Waals surface area contributed by atoms with Crippen LogP contribution in [0.1, 0.15) is 18.4 Å². The van der Waals surface area contributed by atoms with Gasteiger partial charge in [0, 0.05) is 18.1 Å². The van der Waals surface area contributed by atoms with E-state index in [-0.39, 0.29) is 0 Å². The van der Waals surface area contributed by atoms with Gasteiger partial charge < -0.3 is 5.73 Å². The van der Waals surface area contributed by atoms with Crippen LogP contribution in [0, 0.1) is 12.8 Å². The molecule has 118 valence electrons. The van der Waals surface area contributed by atoms with Crippen molar-refractivity contribution in [1.82, 2.24) is 4.31 Å². The van der Waals surface area contributed by atoms with Crippen LogP contribution in [-0.4, -0.2) is 32.4 Å². The van der Waals surface area contributed by atoms with Crippen LogP contribution in [0.4, 0.5) is 5.69 Å². The SMILES string of the molecule is Cc1cc(Cl)c(NS(=O)(=O)N2CCC(CN)CC2)cc1Cl. The maximum absolute atomic E-state index is 12.4. The molecular weight excluding hydrogens is 333 g/mol. The Bertz CT molecular complexity index is 614. The second kappa shape index (κ2) is 6.71. The zero-order valence-corrected chi connectivity index (χ0v) is 14.1. The van der Waals surface area contributed by atoms with Crippen LogP contribution in [-0.2, 0) is 10.2 Å². The number of anilines is 1. The summed E-state index contributed by atoms with van der Waals surface area (Å²) in [6, 6.07) is 3.17. The minimum atomic E-state index is -3.62. The number of nitrogens with zero attached hydrogens (tertiary/aromatic N) is 1. The topological polar surface area (TPSA) is 75.4 Å². The maximum atomic E-state index is 12.4. The second-order valence-corrected chi connectivity index (χ2v) is 7.75. The largest absolute Gasteiger partial charge is 0.330 e. The number of aryl methyl sites for hydroxylation is 1. The monoisotopic (exact) mass is 351 g/mol. The molecule has 1 aromatic carbocycles. The molecule has 1 heterocycles. The Hall–Kier alpha value is -0.530. The third-order valence-corrected chi connectivity index (χ3v) is 5.98. The van der Waals surface area contributed by atoms with Gasteiger partial charge in [0.25, 0.3) is 0 Å². The van der Waals surface area contributed by atoms with E-state index in [0.29, 0.717) is 41.3 Å². The van der Waals surface area contributed by atoms with E-state index in [1.165, 1.54) is 10.4 Å². The molecule has 0 spiro atoms. The third kappa shape index (κ3) is 4.02. The molecular formula is C13H19Cl2N3O2S. The number of rotatable bonds is 4. The van der Waals surface area contributed by atoms with Crippen molar-refractivity contribution in [2.24, 2.45) is 11.7 Å². The molecule has 3 N–H and O–H groups in total. The Labute approximate surface area is 135 Å². The van der Waals surface area contributed by atoms with Crippen molar-refractivity contribution in [1.29, 1.82) is 0 Å². The van der Waals surface area contributed by atoms with Crippen molar-refractivity contribution in [3.8, 4) is 0 Å².